The first-order valence-corrected chi connectivity index (χ1v) is 5.40. The maximum absolute atomic E-state index is 12.0. The predicted molar refractivity (Wildman–Crippen MR) is 65.7 cm³/mol. The maximum atomic E-state index is 12.0. The lowest BCUT2D eigenvalue weighted by molar-refractivity contribution is 0.0942. The molecule has 1 atom stereocenters. The number of hydrogen-bond donors (Lipinski definition) is 3. The fraction of sp³-hybridized carbons (Fsp3) is 0.364. The second kappa shape index (κ2) is 6.43. The van der Waals surface area contributed by atoms with E-state index in [0.29, 0.717) is 17.7 Å². The minimum absolute atomic E-state index is 0.0427. The number of carbonyl (C=O) groups excluding carboxylic acids is 1. The summed E-state index contributed by atoms with van der Waals surface area (Å²) < 4.78 is 5.03. The number of amidine groups is 1. The molecule has 0 aliphatic heterocycles. The lowest BCUT2D eigenvalue weighted by Crippen LogP contribution is -2.44. The van der Waals surface area contributed by atoms with E-state index in [0.717, 1.165) is 0 Å². The topological polar surface area (TPSA) is 110 Å². The van der Waals surface area contributed by atoms with E-state index < -0.39 is 6.04 Å². The zero-order chi connectivity index (χ0) is 13.5. The number of nitrogens with zero attached hydrogens (tertiary/aromatic N) is 2. The van der Waals surface area contributed by atoms with Gasteiger partial charge in [-0.05, 0) is 12.5 Å². The molecule has 0 radical (unpaired) electrons. The van der Waals surface area contributed by atoms with Crippen LogP contribution in [0.1, 0.15) is 23.7 Å². The summed E-state index contributed by atoms with van der Waals surface area (Å²) in [5.41, 5.74) is 5.81. The molecule has 7 heteroatoms. The van der Waals surface area contributed by atoms with Crippen molar-refractivity contribution in [1.82, 2.24) is 10.3 Å². The van der Waals surface area contributed by atoms with Crippen molar-refractivity contribution in [2.75, 3.05) is 7.11 Å². The van der Waals surface area contributed by atoms with Crippen LogP contribution in [-0.4, -0.2) is 35.1 Å². The van der Waals surface area contributed by atoms with Gasteiger partial charge in [0.2, 0.25) is 0 Å². The van der Waals surface area contributed by atoms with E-state index in [-0.39, 0.29) is 11.7 Å². The van der Waals surface area contributed by atoms with Crippen LogP contribution in [0.15, 0.2) is 23.6 Å². The highest BCUT2D eigenvalue weighted by Gasteiger charge is 2.18. The molecule has 1 unspecified atom stereocenters. The second-order valence-electron chi connectivity index (χ2n) is 3.54. The molecule has 0 saturated carbocycles. The number of aromatic nitrogens is 1. The molecule has 0 bridgehead atoms. The predicted octanol–water partition coefficient (Wildman–Crippen LogP) is 0.345. The lowest BCUT2D eigenvalue weighted by atomic mass is 10.1. The van der Waals surface area contributed by atoms with Crippen molar-refractivity contribution >= 4 is 11.7 Å². The summed E-state index contributed by atoms with van der Waals surface area (Å²) in [6.07, 6.45) is 3.44. The van der Waals surface area contributed by atoms with Gasteiger partial charge in [-0.3, -0.25) is 9.78 Å². The Labute approximate surface area is 105 Å². The Hall–Kier alpha value is -2.31. The molecule has 1 rings (SSSR count). The molecule has 0 saturated heterocycles. The molecule has 0 aromatic carbocycles. The highest BCUT2D eigenvalue weighted by Crippen LogP contribution is 2.15. The quantitative estimate of drug-likeness (QED) is 0.303. The first-order valence-electron chi connectivity index (χ1n) is 5.40. The van der Waals surface area contributed by atoms with E-state index in [1.165, 1.54) is 25.6 Å². The van der Waals surface area contributed by atoms with E-state index in [4.69, 9.17) is 15.7 Å². The molecule has 1 aromatic heterocycles. The molecule has 0 fully saturated rings. The summed E-state index contributed by atoms with van der Waals surface area (Å²) in [5, 5.41) is 14.1. The molecule has 0 spiro atoms. The maximum Gasteiger partial charge on any atom is 0.255 e. The van der Waals surface area contributed by atoms with Crippen molar-refractivity contribution in [3.63, 3.8) is 0 Å². The van der Waals surface area contributed by atoms with Crippen LogP contribution in [0.2, 0.25) is 0 Å². The number of methoxy groups -OCH3 is 1. The van der Waals surface area contributed by atoms with Crippen LogP contribution in [0.3, 0.4) is 0 Å². The number of rotatable bonds is 5. The minimum Gasteiger partial charge on any atom is -0.494 e. The number of hydrogen-bond acceptors (Lipinski definition) is 5. The Balaban J connectivity index is 2.87. The highest BCUT2D eigenvalue weighted by molar-refractivity contribution is 6.00. The fourth-order valence-electron chi connectivity index (χ4n) is 1.42. The third-order valence-corrected chi connectivity index (χ3v) is 2.44. The average Bonchev–Trinajstić information content (AvgIpc) is 2.43. The van der Waals surface area contributed by atoms with E-state index in [1.54, 1.807) is 0 Å². The number of oxime groups is 1. The summed E-state index contributed by atoms with van der Waals surface area (Å²) in [5.74, 6) is -0.0454. The van der Waals surface area contributed by atoms with Crippen LogP contribution >= 0.6 is 0 Å². The van der Waals surface area contributed by atoms with Crippen molar-refractivity contribution in [3.8, 4) is 5.75 Å². The molecule has 1 heterocycles. The Bertz CT molecular complexity index is 448. The fourth-order valence-corrected chi connectivity index (χ4v) is 1.42. The molecule has 1 aromatic rings. The van der Waals surface area contributed by atoms with Gasteiger partial charge in [-0.15, -0.1) is 0 Å². The number of carbonyl (C=O) groups is 1. The molecule has 7 nitrogen and oxygen atoms in total. The molecular weight excluding hydrogens is 236 g/mol. The van der Waals surface area contributed by atoms with Gasteiger partial charge < -0.3 is 21.0 Å². The van der Waals surface area contributed by atoms with Crippen molar-refractivity contribution in [3.05, 3.63) is 24.0 Å². The lowest BCUT2D eigenvalue weighted by Gasteiger charge is -2.16. The normalized spacial score (nSPS) is 12.9. The van der Waals surface area contributed by atoms with Crippen LogP contribution < -0.4 is 15.8 Å². The van der Waals surface area contributed by atoms with E-state index >= 15 is 0 Å². The Morgan fingerprint density at radius 1 is 1.72 bits per heavy atom. The summed E-state index contributed by atoms with van der Waals surface area (Å²) >= 11 is 0. The largest absolute Gasteiger partial charge is 0.494 e. The number of ether oxygens (including phenoxy) is 1. The number of nitrogens with two attached hydrogens (primary N) is 1. The van der Waals surface area contributed by atoms with Gasteiger partial charge in [0.05, 0.1) is 24.9 Å². The first-order chi connectivity index (χ1) is 8.63. The highest BCUT2D eigenvalue weighted by atomic mass is 16.5. The zero-order valence-corrected chi connectivity index (χ0v) is 10.3. The molecule has 4 N–H and O–H groups in total. The van der Waals surface area contributed by atoms with Crippen molar-refractivity contribution in [2.45, 2.75) is 19.4 Å². The van der Waals surface area contributed by atoms with E-state index in [2.05, 4.69) is 15.5 Å². The van der Waals surface area contributed by atoms with Crippen LogP contribution in [0, 0.1) is 0 Å². The monoisotopic (exact) mass is 252 g/mol. The number of pyridine rings is 1. The van der Waals surface area contributed by atoms with Gasteiger partial charge in [-0.2, -0.15) is 0 Å². The standard InChI is InChI=1S/C11H16N4O3/c1-3-8(10(12)15-17)14-11(16)7-4-5-13-6-9(7)18-2/h4-6,8,17H,3H2,1-2H3,(H2,12,15)(H,14,16). The molecule has 98 valence electrons. The van der Waals surface area contributed by atoms with Crippen LogP contribution in [0.4, 0.5) is 0 Å². The van der Waals surface area contributed by atoms with Gasteiger partial charge in [-0.1, -0.05) is 12.1 Å². The van der Waals surface area contributed by atoms with Gasteiger partial charge in [0.1, 0.15) is 5.75 Å². The van der Waals surface area contributed by atoms with Crippen molar-refractivity contribution in [2.24, 2.45) is 10.9 Å². The van der Waals surface area contributed by atoms with Crippen LogP contribution in [0.25, 0.3) is 0 Å². The smallest absolute Gasteiger partial charge is 0.255 e. The third kappa shape index (κ3) is 3.09. The Morgan fingerprint density at radius 2 is 2.44 bits per heavy atom. The average molecular weight is 252 g/mol. The second-order valence-corrected chi connectivity index (χ2v) is 3.54. The molecule has 1 amide bonds. The zero-order valence-electron chi connectivity index (χ0n) is 10.3. The molecule has 18 heavy (non-hydrogen) atoms. The summed E-state index contributed by atoms with van der Waals surface area (Å²) in [6, 6.07) is 1.01. The van der Waals surface area contributed by atoms with Crippen molar-refractivity contribution < 1.29 is 14.7 Å². The van der Waals surface area contributed by atoms with Crippen LogP contribution in [-0.2, 0) is 0 Å². The Morgan fingerprint density at radius 3 is 3.00 bits per heavy atom. The van der Waals surface area contributed by atoms with Crippen molar-refractivity contribution in [1.29, 1.82) is 0 Å². The van der Waals surface area contributed by atoms with Gasteiger partial charge in [-0.25, -0.2) is 0 Å². The SMILES string of the molecule is CCC(NC(=O)c1ccncc1OC)/C(N)=N/O. The first kappa shape index (κ1) is 13.8. The number of amides is 1. The van der Waals surface area contributed by atoms with Gasteiger partial charge in [0, 0.05) is 6.20 Å². The minimum atomic E-state index is -0.527. The summed E-state index contributed by atoms with van der Waals surface area (Å²) in [6.45, 7) is 1.81. The molecule has 0 aliphatic rings. The van der Waals surface area contributed by atoms with Gasteiger partial charge in [0.25, 0.3) is 5.91 Å². The van der Waals surface area contributed by atoms with E-state index in [9.17, 15) is 4.79 Å². The molecule has 0 aliphatic carbocycles. The van der Waals surface area contributed by atoms with Gasteiger partial charge in [0.15, 0.2) is 5.84 Å². The van der Waals surface area contributed by atoms with E-state index in [1.807, 2.05) is 6.92 Å². The van der Waals surface area contributed by atoms with Crippen LogP contribution in [0.5, 0.6) is 5.75 Å². The summed E-state index contributed by atoms with van der Waals surface area (Å²) in [7, 11) is 1.45. The third-order valence-electron chi connectivity index (χ3n) is 2.44. The number of nitrogens with one attached hydrogen (secondary N) is 1. The summed E-state index contributed by atoms with van der Waals surface area (Å²) in [4.78, 5) is 15.9. The Kier molecular flexibility index (Phi) is 4.91. The molecular formula is C11H16N4O3. The van der Waals surface area contributed by atoms with Gasteiger partial charge >= 0.3 is 0 Å².